The summed E-state index contributed by atoms with van der Waals surface area (Å²) in [6, 6.07) is 0. The van der Waals surface area contributed by atoms with E-state index in [0.717, 1.165) is 11.1 Å². The van der Waals surface area contributed by atoms with Gasteiger partial charge in [-0.25, -0.2) is 0 Å². The third-order valence-corrected chi connectivity index (χ3v) is 4.41. The lowest BCUT2D eigenvalue weighted by molar-refractivity contribution is -0.133. The third-order valence-electron chi connectivity index (χ3n) is 4.41. The van der Waals surface area contributed by atoms with E-state index in [-0.39, 0.29) is 42.1 Å². The lowest BCUT2D eigenvalue weighted by Gasteiger charge is -2.32. The average Bonchev–Trinajstić information content (AvgIpc) is 2.54. The molecule has 0 saturated carbocycles. The van der Waals surface area contributed by atoms with E-state index >= 15 is 0 Å². The van der Waals surface area contributed by atoms with E-state index in [9.17, 15) is 24.9 Å². The molecule has 0 saturated heterocycles. The van der Waals surface area contributed by atoms with E-state index in [0.29, 0.717) is 0 Å². The van der Waals surface area contributed by atoms with Crippen LogP contribution in [-0.4, -0.2) is 32.5 Å². The van der Waals surface area contributed by atoms with Crippen LogP contribution in [0.2, 0.25) is 0 Å². The third kappa shape index (κ3) is 4.73. The molecule has 26 heavy (non-hydrogen) atoms. The first-order valence-corrected chi connectivity index (χ1v) is 8.83. The molecule has 0 aliphatic heterocycles. The number of carbonyl (C=O) groups excluding carboxylic acids is 2. The Labute approximate surface area is 155 Å². The first-order valence-electron chi connectivity index (χ1n) is 8.83. The Hall–Kier alpha value is -2.14. The fourth-order valence-electron chi connectivity index (χ4n) is 2.59. The van der Waals surface area contributed by atoms with E-state index in [2.05, 4.69) is 0 Å². The molecule has 1 aliphatic carbocycles. The van der Waals surface area contributed by atoms with Gasteiger partial charge in [0.15, 0.2) is 5.60 Å². The number of aliphatic hydroxyl groups excluding tert-OH is 2. The zero-order chi connectivity index (χ0) is 20.2. The van der Waals surface area contributed by atoms with Crippen LogP contribution in [0.15, 0.2) is 46.0 Å². The molecule has 3 N–H and O–H groups in total. The van der Waals surface area contributed by atoms with Crippen LogP contribution in [0, 0.1) is 5.92 Å². The number of hydrogen-bond donors (Lipinski definition) is 3. The number of ketones is 2. The summed E-state index contributed by atoms with van der Waals surface area (Å²) < 4.78 is 0. The molecule has 1 atom stereocenters. The molecule has 1 aliphatic rings. The van der Waals surface area contributed by atoms with Crippen LogP contribution in [-0.2, 0) is 9.59 Å². The van der Waals surface area contributed by atoms with Crippen molar-refractivity contribution in [3.05, 3.63) is 46.0 Å². The molecular formula is C21H30O5. The van der Waals surface area contributed by atoms with Crippen LogP contribution in [0.1, 0.15) is 60.8 Å². The van der Waals surface area contributed by atoms with Crippen LogP contribution in [0.25, 0.3) is 0 Å². The van der Waals surface area contributed by atoms with Gasteiger partial charge in [0.2, 0.25) is 5.78 Å². The summed E-state index contributed by atoms with van der Waals surface area (Å²) in [5, 5.41) is 32.1. The van der Waals surface area contributed by atoms with E-state index in [1.165, 1.54) is 0 Å². The average molecular weight is 362 g/mol. The first-order chi connectivity index (χ1) is 11.9. The van der Waals surface area contributed by atoms with Crippen molar-refractivity contribution in [3.8, 4) is 0 Å². The summed E-state index contributed by atoms with van der Waals surface area (Å²) in [5.74, 6) is -2.26. The Morgan fingerprint density at radius 1 is 1.04 bits per heavy atom. The first kappa shape index (κ1) is 21.9. The van der Waals surface area contributed by atoms with Crippen molar-refractivity contribution in [3.63, 3.8) is 0 Å². The molecule has 1 rings (SSSR count). The lowest BCUT2D eigenvalue weighted by atomic mass is 9.77. The normalized spacial score (nSPS) is 20.5. The smallest absolute Gasteiger partial charge is 0.202 e. The van der Waals surface area contributed by atoms with Crippen molar-refractivity contribution in [1.29, 1.82) is 0 Å². The fraction of sp³-hybridized carbons (Fsp3) is 0.524. The number of hydrogen-bond acceptors (Lipinski definition) is 5. The van der Waals surface area contributed by atoms with Crippen LogP contribution >= 0.6 is 0 Å². The summed E-state index contributed by atoms with van der Waals surface area (Å²) in [5.41, 5.74) is -0.390. The Balaban J connectivity index is 3.53. The molecule has 0 bridgehead atoms. The van der Waals surface area contributed by atoms with Gasteiger partial charge < -0.3 is 15.3 Å². The standard InChI is InChI=1S/C21H30O5/c1-12(2)7-8-15-18(23)16(11-17(22)14(5)6)20(25)21(26,19(15)24)10-9-13(3)4/h7,9,14,23,25-26H,8,10-11H2,1-6H3. The Morgan fingerprint density at radius 2 is 1.58 bits per heavy atom. The van der Waals surface area contributed by atoms with Gasteiger partial charge in [-0.05, 0) is 34.1 Å². The molecule has 0 aromatic carbocycles. The molecule has 0 aromatic rings. The molecule has 144 valence electrons. The van der Waals surface area contributed by atoms with Gasteiger partial charge in [0, 0.05) is 29.9 Å². The predicted molar refractivity (Wildman–Crippen MR) is 102 cm³/mol. The maximum Gasteiger partial charge on any atom is 0.202 e. The van der Waals surface area contributed by atoms with Crippen molar-refractivity contribution in [2.75, 3.05) is 0 Å². The van der Waals surface area contributed by atoms with Gasteiger partial charge in [0.05, 0.1) is 0 Å². The van der Waals surface area contributed by atoms with Crippen LogP contribution in [0.3, 0.4) is 0 Å². The number of rotatable bonds is 7. The minimum atomic E-state index is -2.17. The molecule has 1 unspecified atom stereocenters. The van der Waals surface area contributed by atoms with Gasteiger partial charge in [-0.2, -0.15) is 0 Å². The highest BCUT2D eigenvalue weighted by atomic mass is 16.3. The Kier molecular flexibility index (Phi) is 7.16. The Bertz CT molecular complexity index is 711. The summed E-state index contributed by atoms with van der Waals surface area (Å²) in [7, 11) is 0. The van der Waals surface area contributed by atoms with Gasteiger partial charge >= 0.3 is 0 Å². The summed E-state index contributed by atoms with van der Waals surface area (Å²) >= 11 is 0. The fourth-order valence-corrected chi connectivity index (χ4v) is 2.59. The lowest BCUT2D eigenvalue weighted by Crippen LogP contribution is -2.45. The molecule has 0 radical (unpaired) electrons. The molecule has 0 fully saturated rings. The highest BCUT2D eigenvalue weighted by molar-refractivity contribution is 6.07. The number of Topliss-reactive ketones (excluding diaryl/α,β-unsaturated/α-hetero) is 2. The van der Waals surface area contributed by atoms with E-state index in [4.69, 9.17) is 0 Å². The Morgan fingerprint density at radius 3 is 2.04 bits per heavy atom. The molecule has 0 heterocycles. The monoisotopic (exact) mass is 362 g/mol. The van der Waals surface area contributed by atoms with Crippen molar-refractivity contribution >= 4 is 11.6 Å². The van der Waals surface area contributed by atoms with Gasteiger partial charge in [-0.3, -0.25) is 9.59 Å². The second-order valence-corrected chi connectivity index (χ2v) is 7.61. The second-order valence-electron chi connectivity index (χ2n) is 7.61. The van der Waals surface area contributed by atoms with E-state index in [1.807, 2.05) is 27.7 Å². The zero-order valence-corrected chi connectivity index (χ0v) is 16.5. The quantitative estimate of drug-likeness (QED) is 0.589. The SMILES string of the molecule is CC(C)=CCC1=C(O)C(CC(=O)C(C)C)=C(O)C(O)(CC=C(C)C)C1=O. The zero-order valence-electron chi connectivity index (χ0n) is 16.5. The minimum absolute atomic E-state index is 0.0141. The number of carbonyl (C=O) groups is 2. The van der Waals surface area contributed by atoms with Crippen LogP contribution in [0.5, 0.6) is 0 Å². The van der Waals surface area contributed by atoms with E-state index < -0.39 is 22.9 Å². The molecule has 0 amide bonds. The highest BCUT2D eigenvalue weighted by Crippen LogP contribution is 2.38. The summed E-state index contributed by atoms with van der Waals surface area (Å²) in [6.07, 6.45) is 3.17. The molecule has 0 aromatic heterocycles. The minimum Gasteiger partial charge on any atom is -0.508 e. The molecule has 0 spiro atoms. The van der Waals surface area contributed by atoms with Crippen molar-refractivity contribution in [1.82, 2.24) is 0 Å². The molecule has 5 nitrogen and oxygen atoms in total. The summed E-state index contributed by atoms with van der Waals surface area (Å²) in [4.78, 5) is 25.0. The van der Waals surface area contributed by atoms with Crippen LogP contribution in [0.4, 0.5) is 0 Å². The second kappa shape index (κ2) is 8.49. The maximum absolute atomic E-state index is 12.9. The molecular weight excluding hydrogens is 332 g/mol. The summed E-state index contributed by atoms with van der Waals surface area (Å²) in [6.45, 7) is 10.8. The van der Waals surface area contributed by atoms with E-state index in [1.54, 1.807) is 26.0 Å². The van der Waals surface area contributed by atoms with Gasteiger partial charge in [0.25, 0.3) is 0 Å². The number of aliphatic hydroxyl groups is 3. The van der Waals surface area contributed by atoms with Crippen molar-refractivity contribution in [2.24, 2.45) is 5.92 Å². The van der Waals surface area contributed by atoms with Crippen molar-refractivity contribution < 1.29 is 24.9 Å². The van der Waals surface area contributed by atoms with Crippen LogP contribution < -0.4 is 0 Å². The van der Waals surface area contributed by atoms with Gasteiger partial charge in [-0.1, -0.05) is 37.1 Å². The topological polar surface area (TPSA) is 94.8 Å². The predicted octanol–water partition coefficient (Wildman–Crippen LogP) is 4.25. The largest absolute Gasteiger partial charge is 0.508 e. The van der Waals surface area contributed by atoms with Gasteiger partial charge in [0.1, 0.15) is 17.3 Å². The molecule has 5 heteroatoms. The number of allylic oxidation sites excluding steroid dienone is 4. The van der Waals surface area contributed by atoms with Crippen molar-refractivity contribution in [2.45, 2.75) is 66.4 Å². The van der Waals surface area contributed by atoms with Gasteiger partial charge in [-0.15, -0.1) is 0 Å². The maximum atomic E-state index is 12.9. The highest BCUT2D eigenvalue weighted by Gasteiger charge is 2.47.